The number of nitrogens with zero attached hydrogens (tertiary/aromatic N) is 5. The smallest absolute Gasteiger partial charge is 0.243 e. The van der Waals surface area contributed by atoms with Crippen LogP contribution in [-0.2, 0) is 10.0 Å². The van der Waals surface area contributed by atoms with Gasteiger partial charge in [0.1, 0.15) is 0 Å². The lowest BCUT2D eigenvalue weighted by Crippen LogP contribution is -2.30. The minimum Gasteiger partial charge on any atom is -0.299 e. The third-order valence-corrected chi connectivity index (χ3v) is 7.57. The number of thioether (sulfide) groups is 1. The van der Waals surface area contributed by atoms with Gasteiger partial charge in [-0.3, -0.25) is 4.57 Å². The second kappa shape index (κ2) is 10.0. The van der Waals surface area contributed by atoms with Crippen LogP contribution >= 0.6 is 11.8 Å². The van der Waals surface area contributed by atoms with Crippen LogP contribution in [0.4, 0.5) is 0 Å². The summed E-state index contributed by atoms with van der Waals surface area (Å²) in [4.78, 5) is 0.256. The van der Waals surface area contributed by atoms with Crippen molar-refractivity contribution in [3.63, 3.8) is 0 Å². The number of rotatable bonds is 10. The van der Waals surface area contributed by atoms with Crippen LogP contribution < -0.4 is 0 Å². The Bertz CT molecular complexity index is 930. The molecular weight excluding hydrogens is 394 g/mol. The van der Waals surface area contributed by atoms with Gasteiger partial charge in [-0.25, -0.2) is 8.42 Å². The number of benzene rings is 1. The van der Waals surface area contributed by atoms with Crippen molar-refractivity contribution in [3.05, 3.63) is 24.3 Å². The zero-order valence-corrected chi connectivity index (χ0v) is 18.4. The SMILES string of the molecule is CCC(C)n1c(SCCC#N)nnc1-c1cccc(S(=O)(=O)N(CC)CC)c1. The Labute approximate surface area is 171 Å². The zero-order valence-electron chi connectivity index (χ0n) is 16.8. The maximum Gasteiger partial charge on any atom is 0.243 e. The Morgan fingerprint density at radius 2 is 1.96 bits per heavy atom. The summed E-state index contributed by atoms with van der Waals surface area (Å²) in [6.07, 6.45) is 1.32. The first-order valence-electron chi connectivity index (χ1n) is 9.45. The van der Waals surface area contributed by atoms with Crippen molar-refractivity contribution in [1.82, 2.24) is 19.1 Å². The van der Waals surface area contributed by atoms with Gasteiger partial charge in [0.05, 0.1) is 11.0 Å². The quantitative estimate of drug-likeness (QED) is 0.426. The lowest BCUT2D eigenvalue weighted by atomic mass is 10.2. The molecule has 0 aliphatic heterocycles. The van der Waals surface area contributed by atoms with E-state index in [0.29, 0.717) is 36.7 Å². The molecule has 1 atom stereocenters. The fourth-order valence-corrected chi connectivity index (χ4v) is 5.23. The van der Waals surface area contributed by atoms with E-state index >= 15 is 0 Å². The molecule has 0 fully saturated rings. The van der Waals surface area contributed by atoms with Gasteiger partial charge in [-0.05, 0) is 25.5 Å². The summed E-state index contributed by atoms with van der Waals surface area (Å²) in [5.41, 5.74) is 0.716. The maximum absolute atomic E-state index is 12.9. The van der Waals surface area contributed by atoms with Crippen LogP contribution in [0.15, 0.2) is 34.3 Å². The molecule has 0 bridgehead atoms. The fraction of sp³-hybridized carbons (Fsp3) is 0.526. The fourth-order valence-electron chi connectivity index (χ4n) is 2.85. The van der Waals surface area contributed by atoms with Gasteiger partial charge < -0.3 is 0 Å². The Balaban J connectivity index is 2.50. The summed E-state index contributed by atoms with van der Waals surface area (Å²) in [5, 5.41) is 18.2. The number of nitriles is 1. The Morgan fingerprint density at radius 1 is 1.25 bits per heavy atom. The predicted molar refractivity (Wildman–Crippen MR) is 112 cm³/mol. The van der Waals surface area contributed by atoms with Crippen LogP contribution in [0.3, 0.4) is 0 Å². The minimum atomic E-state index is -3.55. The molecule has 0 N–H and O–H groups in total. The Hall–Kier alpha value is -1.89. The van der Waals surface area contributed by atoms with Crippen LogP contribution in [0, 0.1) is 11.3 Å². The predicted octanol–water partition coefficient (Wildman–Crippen LogP) is 3.95. The summed E-state index contributed by atoms with van der Waals surface area (Å²) in [6.45, 7) is 8.67. The zero-order chi connectivity index (χ0) is 20.7. The molecule has 0 aliphatic carbocycles. The highest BCUT2D eigenvalue weighted by Gasteiger charge is 2.24. The van der Waals surface area contributed by atoms with Crippen molar-refractivity contribution in [2.24, 2.45) is 0 Å². The van der Waals surface area contributed by atoms with E-state index in [1.807, 2.05) is 24.5 Å². The number of sulfonamides is 1. The van der Waals surface area contributed by atoms with Crippen molar-refractivity contribution in [2.75, 3.05) is 18.8 Å². The molecule has 2 rings (SSSR count). The minimum absolute atomic E-state index is 0.151. The van der Waals surface area contributed by atoms with Crippen molar-refractivity contribution in [2.45, 2.75) is 56.6 Å². The number of hydrogen-bond acceptors (Lipinski definition) is 6. The van der Waals surface area contributed by atoms with Gasteiger partial charge >= 0.3 is 0 Å². The summed E-state index contributed by atoms with van der Waals surface area (Å²) in [7, 11) is -3.55. The highest BCUT2D eigenvalue weighted by Crippen LogP contribution is 2.30. The normalized spacial score (nSPS) is 12.9. The third-order valence-electron chi connectivity index (χ3n) is 4.58. The summed E-state index contributed by atoms with van der Waals surface area (Å²) in [5.74, 6) is 1.28. The van der Waals surface area contributed by atoms with E-state index in [1.165, 1.54) is 16.1 Å². The molecule has 1 unspecified atom stereocenters. The largest absolute Gasteiger partial charge is 0.299 e. The average Bonchev–Trinajstić information content (AvgIpc) is 3.12. The summed E-state index contributed by atoms with van der Waals surface area (Å²) in [6, 6.07) is 9.16. The molecule has 2 aromatic rings. The standard InChI is InChI=1S/C19H27N5O2S2/c1-5-15(4)24-18(21-22-19(24)27-13-9-12-20)16-10-8-11-17(14-16)28(25,26)23(6-2)7-3/h8,10-11,14-15H,5-7,9,13H2,1-4H3. The molecule has 1 aromatic heterocycles. The second-order valence-corrected chi connectivity index (χ2v) is 9.31. The third kappa shape index (κ3) is 4.74. The van der Waals surface area contributed by atoms with E-state index in [0.717, 1.165) is 11.6 Å². The molecule has 152 valence electrons. The average molecular weight is 422 g/mol. The van der Waals surface area contributed by atoms with Crippen molar-refractivity contribution < 1.29 is 8.42 Å². The van der Waals surface area contributed by atoms with Crippen LogP contribution in [-0.4, -0.2) is 46.3 Å². The lowest BCUT2D eigenvalue weighted by Gasteiger charge is -2.19. The number of aromatic nitrogens is 3. The van der Waals surface area contributed by atoms with E-state index in [4.69, 9.17) is 5.26 Å². The second-order valence-electron chi connectivity index (χ2n) is 6.31. The first-order valence-corrected chi connectivity index (χ1v) is 11.9. The van der Waals surface area contributed by atoms with Crippen molar-refractivity contribution >= 4 is 21.8 Å². The first-order chi connectivity index (χ1) is 13.4. The van der Waals surface area contributed by atoms with Gasteiger partial charge in [0.15, 0.2) is 11.0 Å². The molecule has 0 amide bonds. The molecule has 7 nitrogen and oxygen atoms in total. The molecule has 0 saturated heterocycles. The molecule has 0 spiro atoms. The van der Waals surface area contributed by atoms with Gasteiger partial charge in [-0.15, -0.1) is 10.2 Å². The van der Waals surface area contributed by atoms with E-state index in [1.54, 1.807) is 18.2 Å². The highest BCUT2D eigenvalue weighted by atomic mass is 32.2. The molecule has 9 heteroatoms. The Morgan fingerprint density at radius 3 is 2.57 bits per heavy atom. The van der Waals surface area contributed by atoms with E-state index in [2.05, 4.69) is 30.1 Å². The van der Waals surface area contributed by atoms with Gasteiger partial charge in [-0.1, -0.05) is 44.7 Å². The van der Waals surface area contributed by atoms with Crippen molar-refractivity contribution in [3.8, 4) is 17.5 Å². The summed E-state index contributed by atoms with van der Waals surface area (Å²) >= 11 is 1.49. The molecule has 0 saturated carbocycles. The van der Waals surface area contributed by atoms with Gasteiger partial charge in [0, 0.05) is 36.9 Å². The van der Waals surface area contributed by atoms with Crippen molar-refractivity contribution in [1.29, 1.82) is 5.26 Å². The lowest BCUT2D eigenvalue weighted by molar-refractivity contribution is 0.445. The molecule has 1 heterocycles. The molecular formula is C19H27N5O2S2. The summed E-state index contributed by atoms with van der Waals surface area (Å²) < 4.78 is 29.2. The maximum atomic E-state index is 12.9. The number of hydrogen-bond donors (Lipinski definition) is 0. The van der Waals surface area contributed by atoms with Gasteiger partial charge in [0.2, 0.25) is 10.0 Å². The van der Waals surface area contributed by atoms with E-state index < -0.39 is 10.0 Å². The molecule has 28 heavy (non-hydrogen) atoms. The highest BCUT2D eigenvalue weighted by molar-refractivity contribution is 7.99. The Kier molecular flexibility index (Phi) is 8.04. The molecule has 0 aliphatic rings. The van der Waals surface area contributed by atoms with Gasteiger partial charge in [0.25, 0.3) is 0 Å². The van der Waals surface area contributed by atoms with Crippen LogP contribution in [0.25, 0.3) is 11.4 Å². The van der Waals surface area contributed by atoms with Gasteiger partial charge in [-0.2, -0.15) is 9.57 Å². The van der Waals surface area contributed by atoms with Crippen LogP contribution in [0.1, 0.15) is 46.6 Å². The molecule has 1 aromatic carbocycles. The van der Waals surface area contributed by atoms with E-state index in [9.17, 15) is 8.42 Å². The van der Waals surface area contributed by atoms with E-state index in [-0.39, 0.29) is 10.9 Å². The van der Waals surface area contributed by atoms with Crippen LogP contribution in [0.2, 0.25) is 0 Å². The molecule has 0 radical (unpaired) electrons. The topological polar surface area (TPSA) is 91.9 Å². The van der Waals surface area contributed by atoms with Crippen LogP contribution in [0.5, 0.6) is 0 Å². The monoisotopic (exact) mass is 421 g/mol. The first kappa shape index (κ1) is 22.4.